The van der Waals surface area contributed by atoms with E-state index in [9.17, 15) is 4.79 Å². The molecular weight excluding hydrogens is 244 g/mol. The lowest BCUT2D eigenvalue weighted by Crippen LogP contribution is -2.35. The Morgan fingerprint density at radius 2 is 2.21 bits per heavy atom. The molecule has 1 aromatic rings. The number of carbonyl (C=O) groups excluding carboxylic acids is 1. The first kappa shape index (κ1) is 13.9. The van der Waals surface area contributed by atoms with E-state index in [0.717, 1.165) is 32.5 Å². The standard InChI is InChI=1S/C13H22N4O2/c1-3-6-16-7-4-10(5-8-16)17-9-15-11(12(17)14)13(18)19-2/h9-10H,3-8,14H2,1-2H3. The van der Waals surface area contributed by atoms with Crippen molar-refractivity contribution in [3.63, 3.8) is 0 Å². The van der Waals surface area contributed by atoms with Gasteiger partial charge in [-0.25, -0.2) is 9.78 Å². The molecule has 0 bridgehead atoms. The van der Waals surface area contributed by atoms with Gasteiger partial charge in [-0.05, 0) is 25.8 Å². The van der Waals surface area contributed by atoms with Crippen molar-refractivity contribution in [3.8, 4) is 0 Å². The summed E-state index contributed by atoms with van der Waals surface area (Å²) in [5.41, 5.74) is 6.21. The molecular formula is C13H22N4O2. The Morgan fingerprint density at radius 1 is 1.53 bits per heavy atom. The van der Waals surface area contributed by atoms with Crippen molar-refractivity contribution in [2.24, 2.45) is 0 Å². The summed E-state index contributed by atoms with van der Waals surface area (Å²) in [5.74, 6) is -0.0551. The number of esters is 1. The first-order valence-corrected chi connectivity index (χ1v) is 6.80. The van der Waals surface area contributed by atoms with Crippen molar-refractivity contribution in [1.82, 2.24) is 14.5 Å². The van der Waals surface area contributed by atoms with Crippen molar-refractivity contribution < 1.29 is 9.53 Å². The maximum Gasteiger partial charge on any atom is 0.360 e. The third-order valence-electron chi connectivity index (χ3n) is 3.70. The number of carbonyl (C=O) groups is 1. The van der Waals surface area contributed by atoms with E-state index in [1.807, 2.05) is 4.57 Å². The highest BCUT2D eigenvalue weighted by molar-refractivity contribution is 5.92. The van der Waals surface area contributed by atoms with E-state index >= 15 is 0 Å². The van der Waals surface area contributed by atoms with Crippen LogP contribution < -0.4 is 5.73 Å². The molecule has 1 saturated heterocycles. The lowest BCUT2D eigenvalue weighted by molar-refractivity contribution is 0.0596. The van der Waals surface area contributed by atoms with E-state index in [4.69, 9.17) is 5.73 Å². The number of rotatable bonds is 4. The summed E-state index contributed by atoms with van der Waals surface area (Å²) in [6.07, 6.45) is 4.93. The van der Waals surface area contributed by atoms with Crippen LogP contribution >= 0.6 is 0 Å². The number of ether oxygens (including phenoxy) is 1. The Morgan fingerprint density at radius 3 is 2.79 bits per heavy atom. The second-order valence-electron chi connectivity index (χ2n) is 4.95. The molecule has 0 saturated carbocycles. The molecule has 0 spiro atoms. The van der Waals surface area contributed by atoms with E-state index in [1.165, 1.54) is 13.5 Å². The van der Waals surface area contributed by atoms with Gasteiger partial charge in [0.05, 0.1) is 13.4 Å². The third kappa shape index (κ3) is 2.89. The third-order valence-corrected chi connectivity index (χ3v) is 3.70. The van der Waals surface area contributed by atoms with Gasteiger partial charge in [0.15, 0.2) is 5.69 Å². The van der Waals surface area contributed by atoms with Crippen molar-refractivity contribution >= 4 is 11.8 Å². The molecule has 2 heterocycles. The van der Waals surface area contributed by atoms with Crippen LogP contribution in [0, 0.1) is 0 Å². The van der Waals surface area contributed by atoms with Gasteiger partial charge in [-0.15, -0.1) is 0 Å². The maximum absolute atomic E-state index is 11.5. The zero-order chi connectivity index (χ0) is 13.8. The first-order valence-electron chi connectivity index (χ1n) is 6.80. The van der Waals surface area contributed by atoms with Gasteiger partial charge in [0, 0.05) is 19.1 Å². The molecule has 2 rings (SSSR count). The highest BCUT2D eigenvalue weighted by atomic mass is 16.5. The Hall–Kier alpha value is -1.56. The molecule has 0 unspecified atom stereocenters. The highest BCUT2D eigenvalue weighted by Gasteiger charge is 2.24. The minimum absolute atomic E-state index is 0.221. The van der Waals surface area contributed by atoms with Gasteiger partial charge in [-0.1, -0.05) is 6.92 Å². The van der Waals surface area contributed by atoms with Crippen LogP contribution in [0.1, 0.15) is 42.7 Å². The van der Waals surface area contributed by atoms with Crippen LogP contribution in [-0.4, -0.2) is 47.2 Å². The second-order valence-corrected chi connectivity index (χ2v) is 4.95. The molecule has 0 atom stereocenters. The molecule has 6 heteroatoms. The highest BCUT2D eigenvalue weighted by Crippen LogP contribution is 2.26. The van der Waals surface area contributed by atoms with Gasteiger partial charge in [-0.2, -0.15) is 0 Å². The first-order chi connectivity index (χ1) is 9.17. The largest absolute Gasteiger partial charge is 0.464 e. The van der Waals surface area contributed by atoms with Crippen LogP contribution in [0.5, 0.6) is 0 Å². The average Bonchev–Trinajstić information content (AvgIpc) is 2.81. The number of methoxy groups -OCH3 is 1. The second kappa shape index (κ2) is 6.06. The number of nitrogen functional groups attached to an aromatic ring is 1. The Balaban J connectivity index is 2.04. The van der Waals surface area contributed by atoms with E-state index in [1.54, 1.807) is 6.33 Å². The van der Waals surface area contributed by atoms with E-state index < -0.39 is 5.97 Å². The monoisotopic (exact) mass is 266 g/mol. The van der Waals surface area contributed by atoms with Crippen molar-refractivity contribution in [3.05, 3.63) is 12.0 Å². The number of anilines is 1. The summed E-state index contributed by atoms with van der Waals surface area (Å²) < 4.78 is 6.58. The number of aromatic nitrogens is 2. The number of hydrogen-bond donors (Lipinski definition) is 1. The van der Waals surface area contributed by atoms with Crippen LogP contribution in [-0.2, 0) is 4.74 Å². The van der Waals surface area contributed by atoms with E-state index in [0.29, 0.717) is 11.9 Å². The summed E-state index contributed by atoms with van der Waals surface area (Å²) in [5, 5.41) is 0. The summed E-state index contributed by atoms with van der Waals surface area (Å²) in [4.78, 5) is 18.0. The average molecular weight is 266 g/mol. The molecule has 106 valence electrons. The van der Waals surface area contributed by atoms with Gasteiger partial charge in [0.25, 0.3) is 0 Å². The van der Waals surface area contributed by atoms with Crippen LogP contribution in [0.4, 0.5) is 5.82 Å². The number of piperidine rings is 1. The lowest BCUT2D eigenvalue weighted by Gasteiger charge is -2.32. The summed E-state index contributed by atoms with van der Waals surface area (Å²) in [6, 6.07) is 0.332. The molecule has 0 amide bonds. The minimum atomic E-state index is -0.473. The normalized spacial score (nSPS) is 17.6. The molecule has 1 fully saturated rings. The lowest BCUT2D eigenvalue weighted by atomic mass is 10.0. The summed E-state index contributed by atoms with van der Waals surface area (Å²) in [6.45, 7) is 5.50. The smallest absolute Gasteiger partial charge is 0.360 e. The number of likely N-dealkylation sites (tertiary alicyclic amines) is 1. The molecule has 19 heavy (non-hydrogen) atoms. The molecule has 0 radical (unpaired) electrons. The van der Waals surface area contributed by atoms with Gasteiger partial charge in [-0.3, -0.25) is 0 Å². The van der Waals surface area contributed by atoms with Crippen LogP contribution in [0.15, 0.2) is 6.33 Å². The van der Waals surface area contributed by atoms with Crippen LogP contribution in [0.25, 0.3) is 0 Å². The molecule has 1 aromatic heterocycles. The number of hydrogen-bond acceptors (Lipinski definition) is 5. The molecule has 1 aliphatic rings. The van der Waals surface area contributed by atoms with Gasteiger partial charge in [0.1, 0.15) is 5.82 Å². The van der Waals surface area contributed by atoms with Gasteiger partial charge >= 0.3 is 5.97 Å². The minimum Gasteiger partial charge on any atom is -0.464 e. The predicted molar refractivity (Wildman–Crippen MR) is 73.0 cm³/mol. The fourth-order valence-corrected chi connectivity index (χ4v) is 2.65. The topological polar surface area (TPSA) is 73.4 Å². The fraction of sp³-hybridized carbons (Fsp3) is 0.692. The molecule has 0 aromatic carbocycles. The zero-order valence-corrected chi connectivity index (χ0v) is 11.6. The van der Waals surface area contributed by atoms with Crippen molar-refractivity contribution in [1.29, 1.82) is 0 Å². The number of nitrogens with two attached hydrogens (primary N) is 1. The Labute approximate surface area is 113 Å². The van der Waals surface area contributed by atoms with E-state index in [-0.39, 0.29) is 5.69 Å². The van der Waals surface area contributed by atoms with Gasteiger partial charge < -0.3 is 19.9 Å². The van der Waals surface area contributed by atoms with Gasteiger partial charge in [0.2, 0.25) is 0 Å². The molecule has 1 aliphatic heterocycles. The molecule has 2 N–H and O–H groups in total. The van der Waals surface area contributed by atoms with Crippen LogP contribution in [0.3, 0.4) is 0 Å². The number of nitrogens with zero attached hydrogens (tertiary/aromatic N) is 3. The molecule has 0 aliphatic carbocycles. The molecule has 6 nitrogen and oxygen atoms in total. The van der Waals surface area contributed by atoms with Crippen molar-refractivity contribution in [2.75, 3.05) is 32.5 Å². The van der Waals surface area contributed by atoms with E-state index in [2.05, 4.69) is 21.5 Å². The van der Waals surface area contributed by atoms with Crippen molar-refractivity contribution in [2.45, 2.75) is 32.2 Å². The maximum atomic E-state index is 11.5. The summed E-state index contributed by atoms with van der Waals surface area (Å²) >= 11 is 0. The number of imidazole rings is 1. The predicted octanol–water partition coefficient (Wildman–Crippen LogP) is 1.30. The SMILES string of the molecule is CCCN1CCC(n2cnc(C(=O)OC)c2N)CC1. The zero-order valence-electron chi connectivity index (χ0n) is 11.6. The quantitative estimate of drug-likeness (QED) is 0.831. The fourth-order valence-electron chi connectivity index (χ4n) is 2.65. The summed E-state index contributed by atoms with van der Waals surface area (Å²) in [7, 11) is 1.34. The Bertz CT molecular complexity index is 436. The van der Waals surface area contributed by atoms with Crippen LogP contribution in [0.2, 0.25) is 0 Å². The Kier molecular flexibility index (Phi) is 4.42.